The van der Waals surface area contributed by atoms with Crippen LogP contribution >= 0.6 is 0 Å². The molecule has 80 valence electrons. The molecule has 2 heterocycles. The maximum Gasteiger partial charge on any atom is 0.138 e. The summed E-state index contributed by atoms with van der Waals surface area (Å²) in [6, 6.07) is 0. The van der Waals surface area contributed by atoms with Crippen molar-refractivity contribution in [3.8, 4) is 0 Å². The maximum atomic E-state index is 5.17. The summed E-state index contributed by atoms with van der Waals surface area (Å²) in [5.74, 6) is 0.869. The molecule has 0 spiro atoms. The molecular formula is C10H14N4O. The maximum absolute atomic E-state index is 5.17. The molecule has 0 saturated heterocycles. The van der Waals surface area contributed by atoms with Crippen LogP contribution in [0.5, 0.6) is 0 Å². The van der Waals surface area contributed by atoms with Crippen molar-refractivity contribution in [2.45, 2.75) is 20.0 Å². The normalized spacial score (nSPS) is 10.8. The lowest BCUT2D eigenvalue weighted by molar-refractivity contribution is 0.388. The van der Waals surface area contributed by atoms with Gasteiger partial charge < -0.3 is 14.4 Å². The molecule has 0 bridgehead atoms. The highest BCUT2D eigenvalue weighted by Gasteiger charge is 2.11. The zero-order valence-electron chi connectivity index (χ0n) is 8.90. The minimum atomic E-state index is 0.724. The quantitative estimate of drug-likeness (QED) is 0.809. The van der Waals surface area contributed by atoms with Gasteiger partial charge in [0, 0.05) is 24.5 Å². The van der Waals surface area contributed by atoms with Crippen LogP contribution in [0.2, 0.25) is 0 Å². The predicted octanol–water partition coefficient (Wildman–Crippen LogP) is 0.947. The number of hydrogen-bond acceptors (Lipinski definition) is 4. The summed E-state index contributed by atoms with van der Waals surface area (Å²) in [7, 11) is 1.89. The van der Waals surface area contributed by atoms with Gasteiger partial charge in [-0.3, -0.25) is 0 Å². The summed E-state index contributed by atoms with van der Waals surface area (Å²) in [4.78, 5) is 4.00. The molecule has 0 atom stereocenters. The highest BCUT2D eigenvalue weighted by atomic mass is 16.5. The van der Waals surface area contributed by atoms with Gasteiger partial charge >= 0.3 is 0 Å². The Morgan fingerprint density at radius 3 is 3.07 bits per heavy atom. The lowest BCUT2D eigenvalue weighted by Gasteiger charge is -2.02. The number of aryl methyl sites for hydroxylation is 1. The van der Waals surface area contributed by atoms with Gasteiger partial charge in [-0.1, -0.05) is 5.16 Å². The summed E-state index contributed by atoms with van der Waals surface area (Å²) in [5.41, 5.74) is 2.09. The summed E-state index contributed by atoms with van der Waals surface area (Å²) >= 11 is 0. The third kappa shape index (κ3) is 2.07. The van der Waals surface area contributed by atoms with Crippen LogP contribution in [0.25, 0.3) is 0 Å². The van der Waals surface area contributed by atoms with Crippen LogP contribution in [0, 0.1) is 6.92 Å². The van der Waals surface area contributed by atoms with Gasteiger partial charge in [0.2, 0.25) is 0 Å². The predicted molar refractivity (Wildman–Crippen MR) is 55.3 cm³/mol. The molecule has 0 aliphatic carbocycles. The number of nitrogens with one attached hydrogen (secondary N) is 1. The molecule has 0 radical (unpaired) electrons. The van der Waals surface area contributed by atoms with E-state index in [1.807, 2.05) is 24.7 Å². The van der Waals surface area contributed by atoms with Gasteiger partial charge in [-0.25, -0.2) is 4.98 Å². The number of hydrogen-bond donors (Lipinski definition) is 1. The smallest absolute Gasteiger partial charge is 0.138 e. The number of aromatic nitrogens is 3. The summed E-state index contributed by atoms with van der Waals surface area (Å²) in [6.45, 7) is 3.41. The average molecular weight is 206 g/mol. The summed E-state index contributed by atoms with van der Waals surface area (Å²) < 4.78 is 7.17. The van der Waals surface area contributed by atoms with E-state index in [1.54, 1.807) is 12.5 Å². The third-order valence-electron chi connectivity index (χ3n) is 2.31. The van der Waals surface area contributed by atoms with E-state index in [0.29, 0.717) is 0 Å². The fraction of sp³-hybridized carbons (Fsp3) is 0.400. The Labute approximate surface area is 88.1 Å². The molecule has 5 heteroatoms. The first-order valence-electron chi connectivity index (χ1n) is 4.85. The van der Waals surface area contributed by atoms with Gasteiger partial charge in [-0.15, -0.1) is 0 Å². The minimum Gasteiger partial charge on any atom is -0.361 e. The zero-order valence-corrected chi connectivity index (χ0v) is 8.90. The largest absolute Gasteiger partial charge is 0.361 e. The van der Waals surface area contributed by atoms with Gasteiger partial charge in [0.05, 0.1) is 12.9 Å². The first-order chi connectivity index (χ1) is 7.31. The van der Waals surface area contributed by atoms with E-state index in [4.69, 9.17) is 4.52 Å². The van der Waals surface area contributed by atoms with E-state index in [-0.39, 0.29) is 0 Å². The molecule has 0 aliphatic heterocycles. The van der Waals surface area contributed by atoms with Crippen LogP contribution in [-0.4, -0.2) is 21.8 Å². The highest BCUT2D eigenvalue weighted by Crippen LogP contribution is 2.14. The molecule has 0 aromatic carbocycles. The Hall–Kier alpha value is -1.62. The number of rotatable bonds is 4. The fourth-order valence-electron chi connectivity index (χ4n) is 1.51. The molecular weight excluding hydrogens is 192 g/mol. The van der Waals surface area contributed by atoms with E-state index in [0.717, 1.165) is 30.1 Å². The minimum absolute atomic E-state index is 0.724. The molecule has 1 N–H and O–H groups in total. The lowest BCUT2D eigenvalue weighted by atomic mass is 10.2. The Kier molecular flexibility index (Phi) is 2.82. The molecule has 0 aliphatic rings. The van der Waals surface area contributed by atoms with Crippen molar-refractivity contribution >= 4 is 0 Å². The Morgan fingerprint density at radius 2 is 2.40 bits per heavy atom. The zero-order chi connectivity index (χ0) is 10.7. The molecule has 2 aromatic rings. The van der Waals surface area contributed by atoms with Crippen LogP contribution in [-0.2, 0) is 13.1 Å². The second kappa shape index (κ2) is 4.27. The first-order valence-corrected chi connectivity index (χ1v) is 4.85. The molecule has 2 rings (SSSR count). The van der Waals surface area contributed by atoms with E-state index < -0.39 is 0 Å². The molecule has 0 saturated carbocycles. The second-order valence-electron chi connectivity index (χ2n) is 3.43. The van der Waals surface area contributed by atoms with Crippen LogP contribution in [0.15, 0.2) is 23.2 Å². The first kappa shape index (κ1) is 9.92. The fourth-order valence-corrected chi connectivity index (χ4v) is 1.51. The van der Waals surface area contributed by atoms with Gasteiger partial charge in [-0.2, -0.15) is 0 Å². The SMILES string of the molecule is CNCc1noc(C)c1Cn1ccnc1. The van der Waals surface area contributed by atoms with Crippen LogP contribution in [0.1, 0.15) is 17.0 Å². The van der Waals surface area contributed by atoms with E-state index in [9.17, 15) is 0 Å². The van der Waals surface area contributed by atoms with E-state index in [2.05, 4.69) is 15.5 Å². The number of imidazole rings is 1. The molecule has 0 fully saturated rings. The molecule has 2 aromatic heterocycles. The van der Waals surface area contributed by atoms with Crippen LogP contribution in [0.3, 0.4) is 0 Å². The highest BCUT2D eigenvalue weighted by molar-refractivity contribution is 5.22. The van der Waals surface area contributed by atoms with Crippen molar-refractivity contribution in [1.82, 2.24) is 20.0 Å². The van der Waals surface area contributed by atoms with Gasteiger partial charge in [0.15, 0.2) is 0 Å². The topological polar surface area (TPSA) is 55.9 Å². The summed E-state index contributed by atoms with van der Waals surface area (Å²) in [6.07, 6.45) is 5.48. The standard InChI is InChI=1S/C10H14N4O/c1-8-9(6-14-4-3-12-7-14)10(5-11-2)13-15-8/h3-4,7,11H,5-6H2,1-2H3. The Balaban J connectivity index is 2.22. The van der Waals surface area contributed by atoms with Crippen molar-refractivity contribution in [2.75, 3.05) is 7.05 Å². The monoisotopic (exact) mass is 206 g/mol. The molecule has 5 nitrogen and oxygen atoms in total. The number of nitrogens with zero attached hydrogens (tertiary/aromatic N) is 3. The lowest BCUT2D eigenvalue weighted by Crippen LogP contribution is -2.09. The van der Waals surface area contributed by atoms with Gasteiger partial charge in [0.1, 0.15) is 11.5 Å². The van der Waals surface area contributed by atoms with Gasteiger partial charge in [0.25, 0.3) is 0 Å². The van der Waals surface area contributed by atoms with E-state index in [1.165, 1.54) is 0 Å². The Bertz CT molecular complexity index is 419. The van der Waals surface area contributed by atoms with Crippen LogP contribution in [0.4, 0.5) is 0 Å². The third-order valence-corrected chi connectivity index (χ3v) is 2.31. The van der Waals surface area contributed by atoms with Crippen molar-refractivity contribution in [3.05, 3.63) is 35.7 Å². The summed E-state index contributed by atoms with van der Waals surface area (Å²) in [5, 5.41) is 7.08. The van der Waals surface area contributed by atoms with Gasteiger partial charge in [-0.05, 0) is 14.0 Å². The molecule has 0 amide bonds. The molecule has 0 unspecified atom stereocenters. The second-order valence-corrected chi connectivity index (χ2v) is 3.43. The van der Waals surface area contributed by atoms with Crippen LogP contribution < -0.4 is 5.32 Å². The molecule has 15 heavy (non-hydrogen) atoms. The van der Waals surface area contributed by atoms with Crippen molar-refractivity contribution in [2.24, 2.45) is 0 Å². The average Bonchev–Trinajstić information content (AvgIpc) is 2.83. The Morgan fingerprint density at radius 1 is 1.53 bits per heavy atom. The van der Waals surface area contributed by atoms with Crippen molar-refractivity contribution < 1.29 is 4.52 Å². The van der Waals surface area contributed by atoms with Crippen molar-refractivity contribution in [1.29, 1.82) is 0 Å². The van der Waals surface area contributed by atoms with Crippen molar-refractivity contribution in [3.63, 3.8) is 0 Å². The van der Waals surface area contributed by atoms with E-state index >= 15 is 0 Å².